The van der Waals surface area contributed by atoms with Gasteiger partial charge in [0.25, 0.3) is 0 Å². The van der Waals surface area contributed by atoms with Gasteiger partial charge in [0.05, 0.1) is 0 Å². The maximum Gasteiger partial charge on any atom is 0.0107 e. The van der Waals surface area contributed by atoms with Crippen molar-refractivity contribution in [3.63, 3.8) is 0 Å². The van der Waals surface area contributed by atoms with E-state index in [0.29, 0.717) is 0 Å². The van der Waals surface area contributed by atoms with Crippen molar-refractivity contribution in [2.24, 2.45) is 0 Å². The molecule has 3 nitrogen and oxygen atoms in total. The second kappa shape index (κ2) is 10.8. The molecule has 0 amide bonds. The number of rotatable bonds is 8. The zero-order chi connectivity index (χ0) is 13.1. The van der Waals surface area contributed by atoms with Crippen LogP contribution in [0, 0.1) is 0 Å². The number of nitrogens with zero attached hydrogens (tertiary/aromatic N) is 2. The van der Waals surface area contributed by atoms with Crippen molar-refractivity contribution in [3.8, 4) is 0 Å². The van der Waals surface area contributed by atoms with Crippen LogP contribution in [0.15, 0.2) is 0 Å². The van der Waals surface area contributed by atoms with Gasteiger partial charge in [-0.15, -0.1) is 0 Å². The summed E-state index contributed by atoms with van der Waals surface area (Å²) < 4.78 is 0. The Balaban J connectivity index is 1.98. The molecule has 1 saturated heterocycles. The molecule has 1 heterocycles. The van der Waals surface area contributed by atoms with E-state index in [2.05, 4.69) is 29.0 Å². The van der Waals surface area contributed by atoms with Gasteiger partial charge in [0.2, 0.25) is 0 Å². The fraction of sp³-hybridized carbons (Fsp3) is 1.00. The van der Waals surface area contributed by atoms with E-state index in [-0.39, 0.29) is 0 Å². The van der Waals surface area contributed by atoms with E-state index in [0.717, 1.165) is 13.1 Å². The Morgan fingerprint density at radius 3 is 2.11 bits per heavy atom. The zero-order valence-electron chi connectivity index (χ0n) is 12.6. The Bertz CT molecular complexity index is 173. The van der Waals surface area contributed by atoms with E-state index < -0.39 is 0 Å². The van der Waals surface area contributed by atoms with Crippen LogP contribution in [0.2, 0.25) is 0 Å². The first-order valence-electron chi connectivity index (χ1n) is 8.02. The van der Waals surface area contributed by atoms with Crippen LogP contribution in [-0.4, -0.2) is 62.2 Å². The molecule has 0 aromatic carbocycles. The molecule has 1 rings (SSSR count). The Morgan fingerprint density at radius 2 is 1.50 bits per heavy atom. The summed E-state index contributed by atoms with van der Waals surface area (Å²) in [4.78, 5) is 5.12. The summed E-state index contributed by atoms with van der Waals surface area (Å²) in [6.07, 6.45) is 7.13. The van der Waals surface area contributed by atoms with Crippen LogP contribution in [0.25, 0.3) is 0 Å². The third-order valence-corrected chi connectivity index (χ3v) is 4.05. The lowest BCUT2D eigenvalue weighted by Gasteiger charge is -2.25. The molecule has 1 aliphatic rings. The maximum atomic E-state index is 3.58. The normalized spacial score (nSPS) is 18.8. The SMILES string of the molecule is CCN(CC)CCNCCN1CCCCCCC1. The molecule has 0 bridgehead atoms. The smallest absolute Gasteiger partial charge is 0.0107 e. The van der Waals surface area contributed by atoms with Crippen LogP contribution in [-0.2, 0) is 0 Å². The highest BCUT2D eigenvalue weighted by Crippen LogP contribution is 2.09. The molecule has 0 saturated carbocycles. The summed E-state index contributed by atoms with van der Waals surface area (Å²) >= 11 is 0. The number of likely N-dealkylation sites (tertiary alicyclic amines) is 1. The van der Waals surface area contributed by atoms with Crippen molar-refractivity contribution in [1.29, 1.82) is 0 Å². The predicted octanol–water partition coefficient (Wildman–Crippen LogP) is 2.18. The van der Waals surface area contributed by atoms with E-state index in [1.807, 2.05) is 0 Å². The van der Waals surface area contributed by atoms with Crippen molar-refractivity contribution >= 4 is 0 Å². The van der Waals surface area contributed by atoms with Gasteiger partial charge >= 0.3 is 0 Å². The number of nitrogens with one attached hydrogen (secondary N) is 1. The first-order valence-corrected chi connectivity index (χ1v) is 8.02. The minimum atomic E-state index is 1.13. The topological polar surface area (TPSA) is 18.5 Å². The average molecular weight is 255 g/mol. The van der Waals surface area contributed by atoms with Crippen LogP contribution in [0.3, 0.4) is 0 Å². The Kier molecular flexibility index (Phi) is 9.54. The van der Waals surface area contributed by atoms with Gasteiger partial charge in [0, 0.05) is 26.2 Å². The molecule has 3 heteroatoms. The summed E-state index contributed by atoms with van der Waals surface area (Å²) in [5, 5.41) is 3.58. The van der Waals surface area contributed by atoms with Crippen molar-refractivity contribution in [2.45, 2.75) is 46.0 Å². The molecule has 0 unspecified atom stereocenters. The molecule has 0 aliphatic carbocycles. The van der Waals surface area contributed by atoms with E-state index in [1.165, 1.54) is 71.4 Å². The first-order chi connectivity index (χ1) is 8.86. The second-order valence-electron chi connectivity index (χ2n) is 5.39. The lowest BCUT2D eigenvalue weighted by molar-refractivity contribution is 0.244. The minimum absolute atomic E-state index is 1.13. The van der Waals surface area contributed by atoms with Crippen molar-refractivity contribution in [2.75, 3.05) is 52.4 Å². The quantitative estimate of drug-likeness (QED) is 0.671. The lowest BCUT2D eigenvalue weighted by atomic mass is 10.1. The molecule has 0 radical (unpaired) electrons. The van der Waals surface area contributed by atoms with Crippen LogP contribution >= 0.6 is 0 Å². The fourth-order valence-corrected chi connectivity index (χ4v) is 2.68. The molecule has 0 aromatic rings. The molecule has 1 N–H and O–H groups in total. The molecule has 1 aliphatic heterocycles. The minimum Gasteiger partial charge on any atom is -0.314 e. The van der Waals surface area contributed by atoms with E-state index in [9.17, 15) is 0 Å². The van der Waals surface area contributed by atoms with Crippen LogP contribution in [0.1, 0.15) is 46.0 Å². The van der Waals surface area contributed by atoms with E-state index in [4.69, 9.17) is 0 Å². The van der Waals surface area contributed by atoms with Gasteiger partial charge in [-0.1, -0.05) is 33.1 Å². The van der Waals surface area contributed by atoms with Crippen LogP contribution in [0.4, 0.5) is 0 Å². The Labute approximate surface area is 114 Å². The van der Waals surface area contributed by atoms with Gasteiger partial charge in [-0.3, -0.25) is 0 Å². The highest BCUT2D eigenvalue weighted by Gasteiger charge is 2.07. The van der Waals surface area contributed by atoms with Gasteiger partial charge < -0.3 is 15.1 Å². The highest BCUT2D eigenvalue weighted by molar-refractivity contribution is 4.64. The van der Waals surface area contributed by atoms with Gasteiger partial charge in [-0.2, -0.15) is 0 Å². The van der Waals surface area contributed by atoms with Crippen LogP contribution < -0.4 is 5.32 Å². The van der Waals surface area contributed by atoms with E-state index in [1.54, 1.807) is 0 Å². The van der Waals surface area contributed by atoms with Crippen molar-refractivity contribution in [3.05, 3.63) is 0 Å². The van der Waals surface area contributed by atoms with Crippen molar-refractivity contribution in [1.82, 2.24) is 15.1 Å². The molecule has 0 atom stereocenters. The third-order valence-electron chi connectivity index (χ3n) is 4.05. The second-order valence-corrected chi connectivity index (χ2v) is 5.39. The van der Waals surface area contributed by atoms with Gasteiger partial charge in [-0.25, -0.2) is 0 Å². The predicted molar refractivity (Wildman–Crippen MR) is 80.2 cm³/mol. The molecule has 0 spiro atoms. The fourth-order valence-electron chi connectivity index (χ4n) is 2.68. The summed E-state index contributed by atoms with van der Waals surface area (Å²) in [6.45, 7) is 14.2. The summed E-state index contributed by atoms with van der Waals surface area (Å²) in [6, 6.07) is 0. The van der Waals surface area contributed by atoms with Gasteiger partial charge in [-0.05, 0) is 39.0 Å². The van der Waals surface area contributed by atoms with Crippen LogP contribution in [0.5, 0.6) is 0 Å². The molecule has 1 fully saturated rings. The monoisotopic (exact) mass is 255 g/mol. The molecule has 18 heavy (non-hydrogen) atoms. The highest BCUT2D eigenvalue weighted by atomic mass is 15.1. The summed E-state index contributed by atoms with van der Waals surface area (Å²) in [7, 11) is 0. The van der Waals surface area contributed by atoms with Crippen molar-refractivity contribution < 1.29 is 0 Å². The van der Waals surface area contributed by atoms with E-state index >= 15 is 0 Å². The number of likely N-dealkylation sites (N-methyl/N-ethyl adjacent to an activating group) is 1. The van der Waals surface area contributed by atoms with Gasteiger partial charge in [0.15, 0.2) is 0 Å². The largest absolute Gasteiger partial charge is 0.314 e. The molecular formula is C15H33N3. The zero-order valence-corrected chi connectivity index (χ0v) is 12.6. The number of hydrogen-bond acceptors (Lipinski definition) is 3. The molecule has 0 aromatic heterocycles. The standard InChI is InChI=1S/C15H33N3/c1-3-17(4-2)14-10-16-11-15-18-12-8-6-5-7-9-13-18/h16H,3-15H2,1-2H3. The van der Waals surface area contributed by atoms with Gasteiger partial charge in [0.1, 0.15) is 0 Å². The summed E-state index contributed by atoms with van der Waals surface area (Å²) in [5.74, 6) is 0. The first kappa shape index (κ1) is 15.9. The summed E-state index contributed by atoms with van der Waals surface area (Å²) in [5.41, 5.74) is 0. The lowest BCUT2D eigenvalue weighted by Crippen LogP contribution is -2.37. The Hall–Kier alpha value is -0.120. The maximum absolute atomic E-state index is 3.58. The average Bonchev–Trinajstić information content (AvgIpc) is 2.36. The molecule has 108 valence electrons. The third kappa shape index (κ3) is 7.34. The number of hydrogen-bond donors (Lipinski definition) is 1. The Morgan fingerprint density at radius 1 is 0.889 bits per heavy atom. The molecular weight excluding hydrogens is 222 g/mol.